The zero-order valence-electron chi connectivity index (χ0n) is 9.04. The zero-order chi connectivity index (χ0) is 12.6. The number of aryl methyl sites for hydroxylation is 1. The lowest BCUT2D eigenvalue weighted by molar-refractivity contribution is -0.140. The van der Waals surface area contributed by atoms with Gasteiger partial charge >= 0.3 is 11.9 Å². The number of esters is 1. The fourth-order valence-electron chi connectivity index (χ4n) is 1.79. The minimum atomic E-state index is -1.15. The van der Waals surface area contributed by atoms with Crippen molar-refractivity contribution in [2.45, 2.75) is 13.0 Å². The summed E-state index contributed by atoms with van der Waals surface area (Å²) in [4.78, 5) is 33.8. The topological polar surface area (TPSA) is 98.5 Å². The molecule has 0 radical (unpaired) electrons. The molecule has 1 aromatic heterocycles. The highest BCUT2D eigenvalue weighted by Gasteiger charge is 2.34. The van der Waals surface area contributed by atoms with Crippen molar-refractivity contribution in [2.75, 3.05) is 7.11 Å². The number of nitrogens with zero attached hydrogens (tertiary/aromatic N) is 2. The number of fused-ring (bicyclic) bond motifs is 1. The van der Waals surface area contributed by atoms with Crippen LogP contribution in [0, 0.1) is 5.92 Å². The van der Waals surface area contributed by atoms with E-state index in [-0.39, 0.29) is 17.8 Å². The normalized spacial score (nSPS) is 18.6. The molecule has 1 aliphatic rings. The molecule has 2 rings (SSSR count). The average molecular weight is 238 g/mol. The number of ether oxygens (including phenoxy) is 1. The van der Waals surface area contributed by atoms with Gasteiger partial charge in [-0.05, 0) is 6.42 Å². The number of aliphatic carboxylic acids is 1. The summed E-state index contributed by atoms with van der Waals surface area (Å²) in [6, 6.07) is 1.27. The van der Waals surface area contributed by atoms with Gasteiger partial charge in [0, 0.05) is 12.6 Å². The number of methoxy groups -OCH3 is 1. The molecule has 0 saturated heterocycles. The molecule has 0 bridgehead atoms. The van der Waals surface area contributed by atoms with Crippen LogP contribution in [0.4, 0.5) is 0 Å². The van der Waals surface area contributed by atoms with Crippen LogP contribution in [-0.2, 0) is 16.1 Å². The number of carbonyl (C=O) groups excluding carboxylic acids is 2. The van der Waals surface area contributed by atoms with Gasteiger partial charge in [0.15, 0.2) is 11.5 Å². The summed E-state index contributed by atoms with van der Waals surface area (Å²) in [5.41, 5.74) is 0.158. The Morgan fingerprint density at radius 1 is 1.59 bits per heavy atom. The smallest absolute Gasteiger partial charge is 0.358 e. The number of carbonyl (C=O) groups is 3. The molecule has 90 valence electrons. The molecule has 1 atom stereocenters. The molecule has 0 unspecified atom stereocenters. The summed E-state index contributed by atoms with van der Waals surface area (Å²) in [5, 5.41) is 12.7. The summed E-state index contributed by atoms with van der Waals surface area (Å²) in [7, 11) is 1.21. The van der Waals surface area contributed by atoms with Crippen LogP contribution in [0.1, 0.15) is 27.4 Å². The summed E-state index contributed by atoms with van der Waals surface area (Å²) < 4.78 is 5.82. The van der Waals surface area contributed by atoms with Crippen molar-refractivity contribution in [3.05, 3.63) is 17.5 Å². The number of carboxylic acids is 1. The van der Waals surface area contributed by atoms with E-state index in [1.54, 1.807) is 0 Å². The first kappa shape index (κ1) is 11.3. The van der Waals surface area contributed by atoms with Gasteiger partial charge in [-0.15, -0.1) is 0 Å². The van der Waals surface area contributed by atoms with Gasteiger partial charge < -0.3 is 9.84 Å². The molecule has 0 amide bonds. The highest BCUT2D eigenvalue weighted by molar-refractivity contribution is 6.08. The lowest BCUT2D eigenvalue weighted by Gasteiger charge is -2.17. The highest BCUT2D eigenvalue weighted by atomic mass is 16.5. The third-order valence-electron chi connectivity index (χ3n) is 2.67. The largest absolute Gasteiger partial charge is 0.481 e. The Labute approximate surface area is 96.0 Å². The number of ketones is 1. The van der Waals surface area contributed by atoms with Crippen molar-refractivity contribution in [3.8, 4) is 0 Å². The Bertz CT molecular complexity index is 505. The van der Waals surface area contributed by atoms with Gasteiger partial charge in [0.1, 0.15) is 11.6 Å². The first-order valence-electron chi connectivity index (χ1n) is 4.97. The van der Waals surface area contributed by atoms with Gasteiger partial charge in [0.2, 0.25) is 0 Å². The molecule has 7 heteroatoms. The van der Waals surface area contributed by atoms with E-state index in [2.05, 4.69) is 9.84 Å². The van der Waals surface area contributed by atoms with Crippen molar-refractivity contribution in [1.29, 1.82) is 0 Å². The van der Waals surface area contributed by atoms with Crippen molar-refractivity contribution in [3.63, 3.8) is 0 Å². The second-order valence-electron chi connectivity index (χ2n) is 3.67. The minimum Gasteiger partial charge on any atom is -0.481 e. The monoisotopic (exact) mass is 238 g/mol. The first-order chi connectivity index (χ1) is 8.04. The molecule has 0 spiro atoms. The fraction of sp³-hybridized carbons (Fsp3) is 0.400. The number of carboxylic acid groups (broad SMARTS) is 1. The van der Waals surface area contributed by atoms with E-state index in [4.69, 9.17) is 5.11 Å². The number of rotatable bonds is 2. The van der Waals surface area contributed by atoms with Crippen LogP contribution in [0.2, 0.25) is 0 Å². The van der Waals surface area contributed by atoms with E-state index in [0.29, 0.717) is 6.54 Å². The summed E-state index contributed by atoms with van der Waals surface area (Å²) in [6.45, 7) is 0.301. The second kappa shape index (κ2) is 4.00. The maximum atomic E-state index is 11.8. The molecule has 1 aromatic rings. The quantitative estimate of drug-likeness (QED) is 0.573. The Kier molecular flexibility index (Phi) is 2.66. The van der Waals surface area contributed by atoms with Crippen LogP contribution in [0.25, 0.3) is 0 Å². The molecular formula is C10H10N2O5. The van der Waals surface area contributed by atoms with E-state index < -0.39 is 23.6 Å². The molecule has 0 aromatic carbocycles. The van der Waals surface area contributed by atoms with Gasteiger partial charge in [-0.2, -0.15) is 5.10 Å². The SMILES string of the molecule is COC(=O)c1cc2n(n1)CC[C@H](C(=O)O)C2=O. The number of Topliss-reactive ketones (excluding diaryl/α,β-unsaturated/α-hetero) is 1. The van der Waals surface area contributed by atoms with Crippen molar-refractivity contribution in [1.82, 2.24) is 9.78 Å². The van der Waals surface area contributed by atoms with Gasteiger partial charge in [-0.1, -0.05) is 0 Å². The summed E-state index contributed by atoms with van der Waals surface area (Å²) in [5.74, 6) is -3.37. The van der Waals surface area contributed by atoms with E-state index >= 15 is 0 Å². The molecule has 17 heavy (non-hydrogen) atoms. The predicted octanol–water partition coefficient (Wildman–Crippen LogP) is -0.0431. The molecule has 7 nitrogen and oxygen atoms in total. The van der Waals surface area contributed by atoms with Gasteiger partial charge in [-0.3, -0.25) is 14.3 Å². The maximum absolute atomic E-state index is 11.8. The lowest BCUT2D eigenvalue weighted by Crippen LogP contribution is -2.32. The maximum Gasteiger partial charge on any atom is 0.358 e. The van der Waals surface area contributed by atoms with Crippen LogP contribution in [0.5, 0.6) is 0 Å². The second-order valence-corrected chi connectivity index (χ2v) is 3.67. The fourth-order valence-corrected chi connectivity index (χ4v) is 1.79. The van der Waals surface area contributed by atoms with Crippen molar-refractivity contribution < 1.29 is 24.2 Å². The molecule has 1 aliphatic heterocycles. The standard InChI is InChI=1S/C10H10N2O5/c1-17-10(16)6-4-7-8(13)5(9(14)15)2-3-12(7)11-6/h4-5H,2-3H2,1H3,(H,14,15)/t5-/m0/s1. The van der Waals surface area contributed by atoms with Crippen molar-refractivity contribution in [2.24, 2.45) is 5.92 Å². The van der Waals surface area contributed by atoms with E-state index in [1.807, 2.05) is 0 Å². The van der Waals surface area contributed by atoms with E-state index in [1.165, 1.54) is 17.9 Å². The summed E-state index contributed by atoms with van der Waals surface area (Å²) >= 11 is 0. The first-order valence-corrected chi connectivity index (χ1v) is 4.97. The van der Waals surface area contributed by atoms with Crippen LogP contribution >= 0.6 is 0 Å². The van der Waals surface area contributed by atoms with Gasteiger partial charge in [0.25, 0.3) is 0 Å². The van der Waals surface area contributed by atoms with Gasteiger partial charge in [0.05, 0.1) is 7.11 Å². The molecular weight excluding hydrogens is 228 g/mol. The molecule has 2 heterocycles. The highest BCUT2D eigenvalue weighted by Crippen LogP contribution is 2.21. The number of hydrogen-bond acceptors (Lipinski definition) is 5. The van der Waals surface area contributed by atoms with Crippen LogP contribution in [-0.4, -0.2) is 39.7 Å². The Morgan fingerprint density at radius 3 is 2.88 bits per heavy atom. The van der Waals surface area contributed by atoms with Crippen molar-refractivity contribution >= 4 is 17.7 Å². The third kappa shape index (κ3) is 1.79. The number of hydrogen-bond donors (Lipinski definition) is 1. The molecule has 0 fully saturated rings. The Balaban J connectivity index is 2.37. The molecule has 0 saturated carbocycles. The van der Waals surface area contributed by atoms with E-state index in [0.717, 1.165) is 0 Å². The number of aromatic nitrogens is 2. The van der Waals surface area contributed by atoms with Crippen LogP contribution in [0.3, 0.4) is 0 Å². The Morgan fingerprint density at radius 2 is 2.29 bits per heavy atom. The lowest BCUT2D eigenvalue weighted by atomic mass is 9.95. The van der Waals surface area contributed by atoms with E-state index in [9.17, 15) is 14.4 Å². The molecule has 1 N–H and O–H groups in total. The minimum absolute atomic E-state index is 0.0156. The average Bonchev–Trinajstić information content (AvgIpc) is 2.72. The van der Waals surface area contributed by atoms with Crippen LogP contribution in [0.15, 0.2) is 6.07 Å². The predicted molar refractivity (Wildman–Crippen MR) is 53.6 cm³/mol. The molecule has 0 aliphatic carbocycles. The third-order valence-corrected chi connectivity index (χ3v) is 2.67. The Hall–Kier alpha value is -2.18. The van der Waals surface area contributed by atoms with Gasteiger partial charge in [-0.25, -0.2) is 4.79 Å². The zero-order valence-corrected chi connectivity index (χ0v) is 9.04. The van der Waals surface area contributed by atoms with Crippen LogP contribution < -0.4 is 0 Å². The summed E-state index contributed by atoms with van der Waals surface area (Å²) in [6.07, 6.45) is 0.184.